The lowest BCUT2D eigenvalue weighted by Gasteiger charge is -2.14. The van der Waals surface area contributed by atoms with Gasteiger partial charge in [0.2, 0.25) is 0 Å². The van der Waals surface area contributed by atoms with Crippen molar-refractivity contribution in [2.24, 2.45) is 0 Å². The maximum atomic E-state index is 13.4. The molecule has 0 bridgehead atoms. The number of pyridine rings is 1. The summed E-state index contributed by atoms with van der Waals surface area (Å²) in [7, 11) is 0. The van der Waals surface area contributed by atoms with Crippen LogP contribution in [-0.2, 0) is 0 Å². The largest absolute Gasteiger partial charge is 0.478 e. The molecule has 0 aliphatic rings. The van der Waals surface area contributed by atoms with Crippen LogP contribution in [0.15, 0.2) is 22.7 Å². The van der Waals surface area contributed by atoms with E-state index >= 15 is 0 Å². The fourth-order valence-electron chi connectivity index (χ4n) is 2.11. The minimum absolute atomic E-state index is 0.112. The molecule has 2 rings (SSSR count). The van der Waals surface area contributed by atoms with Crippen molar-refractivity contribution in [2.75, 3.05) is 5.32 Å². The predicted molar refractivity (Wildman–Crippen MR) is 82.8 cm³/mol. The Morgan fingerprint density at radius 3 is 2.52 bits per heavy atom. The topological polar surface area (TPSA) is 62.2 Å². The van der Waals surface area contributed by atoms with E-state index in [2.05, 4.69) is 26.2 Å². The lowest BCUT2D eigenvalue weighted by Crippen LogP contribution is -2.09. The lowest BCUT2D eigenvalue weighted by atomic mass is 10.1. The van der Waals surface area contributed by atoms with Crippen LogP contribution < -0.4 is 5.32 Å². The summed E-state index contributed by atoms with van der Waals surface area (Å²) in [6, 6.07) is 4.65. The highest BCUT2D eigenvalue weighted by molar-refractivity contribution is 9.10. The summed E-state index contributed by atoms with van der Waals surface area (Å²) in [4.78, 5) is 15.6. The van der Waals surface area contributed by atoms with Crippen molar-refractivity contribution in [3.8, 4) is 0 Å². The molecule has 1 aromatic carbocycles. The number of carbonyl (C=O) groups is 1. The zero-order chi connectivity index (χ0) is 15.7. The molecule has 4 nitrogen and oxygen atoms in total. The summed E-state index contributed by atoms with van der Waals surface area (Å²) in [5.74, 6) is -1.17. The Hall–Kier alpha value is -1.95. The molecule has 21 heavy (non-hydrogen) atoms. The van der Waals surface area contributed by atoms with E-state index in [0.717, 1.165) is 0 Å². The van der Waals surface area contributed by atoms with Crippen LogP contribution in [0.3, 0.4) is 0 Å². The molecule has 2 N–H and O–H groups in total. The molecule has 0 spiro atoms. The van der Waals surface area contributed by atoms with Gasteiger partial charge < -0.3 is 10.4 Å². The second kappa shape index (κ2) is 5.81. The summed E-state index contributed by atoms with van der Waals surface area (Å²) >= 11 is 3.12. The van der Waals surface area contributed by atoms with Crippen molar-refractivity contribution in [3.05, 3.63) is 50.9 Å². The highest BCUT2D eigenvalue weighted by Gasteiger charge is 2.17. The first kappa shape index (κ1) is 15.4. The number of aromatic nitrogens is 1. The van der Waals surface area contributed by atoms with Gasteiger partial charge in [-0.25, -0.2) is 14.2 Å². The molecule has 2 aromatic rings. The standard InChI is InChI=1S/C15H14BrFN2O2/c1-7-5-11(17)10(16)6-12(7)19-14-13(15(20)21)8(2)4-9(3)18-14/h4-6H,1-3H3,(H,18,19)(H,20,21). The molecule has 1 heterocycles. The Morgan fingerprint density at radius 1 is 1.24 bits per heavy atom. The molecule has 0 atom stereocenters. The van der Waals surface area contributed by atoms with Gasteiger partial charge in [0.1, 0.15) is 17.2 Å². The number of aromatic carboxylic acids is 1. The van der Waals surface area contributed by atoms with Crippen molar-refractivity contribution >= 4 is 33.4 Å². The maximum absolute atomic E-state index is 13.4. The van der Waals surface area contributed by atoms with E-state index in [1.54, 1.807) is 32.9 Å². The molecule has 0 aliphatic heterocycles. The van der Waals surface area contributed by atoms with E-state index in [1.165, 1.54) is 6.07 Å². The average Bonchev–Trinajstić information content (AvgIpc) is 2.34. The van der Waals surface area contributed by atoms with Gasteiger partial charge in [-0.3, -0.25) is 0 Å². The van der Waals surface area contributed by atoms with Gasteiger partial charge in [-0.1, -0.05) is 0 Å². The van der Waals surface area contributed by atoms with Gasteiger partial charge in [0, 0.05) is 11.4 Å². The highest BCUT2D eigenvalue weighted by Crippen LogP contribution is 2.28. The third-order valence-corrected chi connectivity index (χ3v) is 3.69. The monoisotopic (exact) mass is 352 g/mol. The third kappa shape index (κ3) is 3.21. The minimum Gasteiger partial charge on any atom is -0.478 e. The second-order valence-corrected chi connectivity index (χ2v) is 5.67. The van der Waals surface area contributed by atoms with Crippen LogP contribution in [0.4, 0.5) is 15.9 Å². The molecule has 0 radical (unpaired) electrons. The number of carboxylic acid groups (broad SMARTS) is 1. The molecule has 0 amide bonds. The number of benzene rings is 1. The van der Waals surface area contributed by atoms with Crippen LogP contribution in [0, 0.1) is 26.6 Å². The molecule has 1 aromatic heterocycles. The Bertz CT molecular complexity index is 732. The van der Waals surface area contributed by atoms with Gasteiger partial charge in [0.05, 0.1) is 4.47 Å². The molecule has 0 saturated heterocycles. The van der Waals surface area contributed by atoms with Crippen LogP contribution in [0.5, 0.6) is 0 Å². The second-order valence-electron chi connectivity index (χ2n) is 4.82. The molecule has 0 fully saturated rings. The fourth-order valence-corrected chi connectivity index (χ4v) is 2.45. The molecule has 0 unspecified atom stereocenters. The smallest absolute Gasteiger partial charge is 0.339 e. The van der Waals surface area contributed by atoms with Crippen LogP contribution in [0.2, 0.25) is 0 Å². The Balaban J connectivity index is 2.54. The molecule has 0 aliphatic carbocycles. The van der Waals surface area contributed by atoms with Gasteiger partial charge in [-0.2, -0.15) is 0 Å². The van der Waals surface area contributed by atoms with Crippen LogP contribution in [0.25, 0.3) is 0 Å². The van der Waals surface area contributed by atoms with Crippen molar-refractivity contribution in [1.82, 2.24) is 4.98 Å². The molecule has 110 valence electrons. The number of anilines is 2. The first-order valence-electron chi connectivity index (χ1n) is 6.23. The number of carboxylic acids is 1. The maximum Gasteiger partial charge on any atom is 0.339 e. The number of nitrogens with zero attached hydrogens (tertiary/aromatic N) is 1. The SMILES string of the molecule is Cc1cc(C)c(C(=O)O)c(Nc2cc(Br)c(F)cc2C)n1. The summed E-state index contributed by atoms with van der Waals surface area (Å²) < 4.78 is 13.8. The summed E-state index contributed by atoms with van der Waals surface area (Å²) in [6.07, 6.45) is 0. The highest BCUT2D eigenvalue weighted by atomic mass is 79.9. The fraction of sp³-hybridized carbons (Fsp3) is 0.200. The number of rotatable bonds is 3. The average molecular weight is 353 g/mol. The van der Waals surface area contributed by atoms with E-state index in [4.69, 9.17) is 0 Å². The van der Waals surface area contributed by atoms with Gasteiger partial charge in [-0.05, 0) is 66.0 Å². The van der Waals surface area contributed by atoms with E-state index < -0.39 is 5.97 Å². The lowest BCUT2D eigenvalue weighted by molar-refractivity contribution is 0.0697. The molecular weight excluding hydrogens is 339 g/mol. The van der Waals surface area contributed by atoms with Gasteiger partial charge in [-0.15, -0.1) is 0 Å². The Labute approximate surface area is 130 Å². The van der Waals surface area contributed by atoms with E-state index in [0.29, 0.717) is 27.0 Å². The number of nitrogens with one attached hydrogen (secondary N) is 1. The normalized spacial score (nSPS) is 10.5. The van der Waals surface area contributed by atoms with Crippen molar-refractivity contribution in [3.63, 3.8) is 0 Å². The zero-order valence-corrected chi connectivity index (χ0v) is 13.4. The summed E-state index contributed by atoms with van der Waals surface area (Å²) in [5.41, 5.74) is 2.70. The van der Waals surface area contributed by atoms with E-state index in [1.807, 2.05) is 0 Å². The van der Waals surface area contributed by atoms with E-state index in [9.17, 15) is 14.3 Å². The first-order chi connectivity index (χ1) is 9.79. The number of hydrogen-bond donors (Lipinski definition) is 2. The van der Waals surface area contributed by atoms with Crippen molar-refractivity contribution in [1.29, 1.82) is 0 Å². The quantitative estimate of drug-likeness (QED) is 0.861. The number of halogens is 2. The van der Waals surface area contributed by atoms with E-state index in [-0.39, 0.29) is 17.2 Å². The van der Waals surface area contributed by atoms with Gasteiger partial charge in [0.15, 0.2) is 0 Å². The minimum atomic E-state index is -1.05. The van der Waals surface area contributed by atoms with Crippen molar-refractivity contribution < 1.29 is 14.3 Å². The zero-order valence-electron chi connectivity index (χ0n) is 11.8. The van der Waals surface area contributed by atoms with Crippen molar-refractivity contribution in [2.45, 2.75) is 20.8 Å². The van der Waals surface area contributed by atoms with Crippen LogP contribution in [0.1, 0.15) is 27.2 Å². The van der Waals surface area contributed by atoms with Gasteiger partial charge in [0.25, 0.3) is 0 Å². The van der Waals surface area contributed by atoms with Gasteiger partial charge >= 0.3 is 5.97 Å². The molecule has 0 saturated carbocycles. The third-order valence-electron chi connectivity index (χ3n) is 3.08. The summed E-state index contributed by atoms with van der Waals surface area (Å²) in [6.45, 7) is 5.24. The van der Waals surface area contributed by atoms with Crippen LogP contribution in [-0.4, -0.2) is 16.1 Å². The first-order valence-corrected chi connectivity index (χ1v) is 7.03. The Morgan fingerprint density at radius 2 is 1.90 bits per heavy atom. The summed E-state index contributed by atoms with van der Waals surface area (Å²) in [5, 5.41) is 12.3. The Kier molecular flexibility index (Phi) is 4.27. The molecule has 6 heteroatoms. The number of hydrogen-bond acceptors (Lipinski definition) is 3. The molecular formula is C15H14BrFN2O2. The number of aryl methyl sites for hydroxylation is 3. The van der Waals surface area contributed by atoms with Crippen LogP contribution >= 0.6 is 15.9 Å². The predicted octanol–water partition coefficient (Wildman–Crippen LogP) is 4.35.